The van der Waals surface area contributed by atoms with Gasteiger partial charge in [0.05, 0.1) is 11.4 Å². The highest BCUT2D eigenvalue weighted by Gasteiger charge is 2.10. The number of aromatic nitrogens is 1. The molecule has 0 amide bonds. The SMILES string of the molecule is Cc1ccc(-c2csc(/C(C#N)=N/Nc3ccc(C)cc3C)n2)cc1. The number of aryl methyl sites for hydroxylation is 3. The zero-order valence-electron chi connectivity index (χ0n) is 14.4. The van der Waals surface area contributed by atoms with E-state index < -0.39 is 0 Å². The fourth-order valence-electron chi connectivity index (χ4n) is 2.42. The molecular weight excluding hydrogens is 328 g/mol. The van der Waals surface area contributed by atoms with Gasteiger partial charge < -0.3 is 0 Å². The first-order valence-electron chi connectivity index (χ1n) is 7.91. The van der Waals surface area contributed by atoms with Crippen molar-refractivity contribution in [2.75, 3.05) is 5.43 Å². The Labute approximate surface area is 151 Å². The molecule has 1 heterocycles. The molecule has 3 rings (SSSR count). The van der Waals surface area contributed by atoms with Crippen LogP contribution in [0.2, 0.25) is 0 Å². The average molecular weight is 346 g/mol. The van der Waals surface area contributed by atoms with Crippen LogP contribution in [0.15, 0.2) is 52.9 Å². The van der Waals surface area contributed by atoms with Crippen molar-refractivity contribution in [3.63, 3.8) is 0 Å². The summed E-state index contributed by atoms with van der Waals surface area (Å²) in [6.45, 7) is 6.11. The standard InChI is InChI=1S/C20H18N4S/c1-13-4-7-16(8-5-13)19-12-25-20(22-19)18(11-21)24-23-17-9-6-14(2)10-15(17)3/h4-10,12,23H,1-3H3/b24-18+. The van der Waals surface area contributed by atoms with Crippen LogP contribution in [0.25, 0.3) is 11.3 Å². The second-order valence-corrected chi connectivity index (χ2v) is 6.76. The number of hydrazone groups is 1. The molecule has 3 aromatic rings. The van der Waals surface area contributed by atoms with Crippen LogP contribution in [0, 0.1) is 32.1 Å². The van der Waals surface area contributed by atoms with Crippen molar-refractivity contribution < 1.29 is 0 Å². The number of hydrogen-bond donors (Lipinski definition) is 1. The molecule has 0 unspecified atom stereocenters. The van der Waals surface area contributed by atoms with E-state index in [9.17, 15) is 5.26 Å². The van der Waals surface area contributed by atoms with Gasteiger partial charge in [-0.05, 0) is 32.4 Å². The topological polar surface area (TPSA) is 61.1 Å². The molecule has 0 saturated heterocycles. The molecule has 0 bridgehead atoms. The van der Waals surface area contributed by atoms with E-state index in [0.29, 0.717) is 5.01 Å². The van der Waals surface area contributed by atoms with E-state index in [-0.39, 0.29) is 5.71 Å². The maximum atomic E-state index is 9.43. The number of hydrogen-bond acceptors (Lipinski definition) is 5. The lowest BCUT2D eigenvalue weighted by Gasteiger charge is -2.05. The van der Waals surface area contributed by atoms with Crippen molar-refractivity contribution in [3.05, 3.63) is 69.5 Å². The second-order valence-electron chi connectivity index (χ2n) is 5.91. The van der Waals surface area contributed by atoms with Crippen LogP contribution >= 0.6 is 11.3 Å². The predicted molar refractivity (Wildman–Crippen MR) is 104 cm³/mol. The monoisotopic (exact) mass is 346 g/mol. The summed E-state index contributed by atoms with van der Waals surface area (Å²) in [6.07, 6.45) is 0. The lowest BCUT2D eigenvalue weighted by molar-refractivity contribution is 1.27. The van der Waals surface area contributed by atoms with Gasteiger partial charge in [-0.1, -0.05) is 47.5 Å². The van der Waals surface area contributed by atoms with Gasteiger partial charge in [-0.3, -0.25) is 5.43 Å². The summed E-state index contributed by atoms with van der Waals surface area (Å²) in [5.74, 6) is 0. The fraction of sp³-hybridized carbons (Fsp3) is 0.150. The van der Waals surface area contributed by atoms with E-state index in [1.807, 2.05) is 43.5 Å². The van der Waals surface area contributed by atoms with Crippen LogP contribution < -0.4 is 5.43 Å². The number of nitrogens with zero attached hydrogens (tertiary/aromatic N) is 3. The van der Waals surface area contributed by atoms with Crippen molar-refractivity contribution >= 4 is 22.7 Å². The molecule has 0 aliphatic rings. The minimum atomic E-state index is 0.281. The number of nitrogens with one attached hydrogen (secondary N) is 1. The third kappa shape index (κ3) is 3.93. The quantitative estimate of drug-likeness (QED) is 0.529. The highest BCUT2D eigenvalue weighted by Crippen LogP contribution is 2.23. The van der Waals surface area contributed by atoms with Gasteiger partial charge in [0.15, 0.2) is 10.7 Å². The molecule has 0 atom stereocenters. The van der Waals surface area contributed by atoms with Gasteiger partial charge in [0, 0.05) is 10.9 Å². The van der Waals surface area contributed by atoms with Crippen molar-refractivity contribution in [3.8, 4) is 17.3 Å². The smallest absolute Gasteiger partial charge is 0.196 e. The van der Waals surface area contributed by atoms with Gasteiger partial charge in [-0.2, -0.15) is 10.4 Å². The molecule has 1 aromatic heterocycles. The lowest BCUT2D eigenvalue weighted by atomic mass is 10.1. The van der Waals surface area contributed by atoms with E-state index >= 15 is 0 Å². The molecule has 0 saturated carbocycles. The van der Waals surface area contributed by atoms with E-state index in [2.05, 4.69) is 46.7 Å². The first kappa shape index (κ1) is 16.9. The molecule has 0 radical (unpaired) electrons. The Hall–Kier alpha value is -2.97. The Morgan fingerprint density at radius 1 is 1.08 bits per heavy atom. The molecule has 5 heteroatoms. The number of anilines is 1. The Kier molecular flexibility index (Phi) is 4.92. The molecule has 1 N–H and O–H groups in total. The number of thiazole rings is 1. The average Bonchev–Trinajstić information content (AvgIpc) is 3.07. The first-order valence-corrected chi connectivity index (χ1v) is 8.79. The van der Waals surface area contributed by atoms with Gasteiger partial charge in [0.1, 0.15) is 6.07 Å². The van der Waals surface area contributed by atoms with Gasteiger partial charge in [0.25, 0.3) is 0 Å². The maximum Gasteiger partial charge on any atom is 0.196 e. The normalized spacial score (nSPS) is 11.2. The fourth-order valence-corrected chi connectivity index (χ4v) is 3.18. The summed E-state index contributed by atoms with van der Waals surface area (Å²) in [7, 11) is 0. The summed E-state index contributed by atoms with van der Waals surface area (Å²) in [4.78, 5) is 4.56. The zero-order valence-corrected chi connectivity index (χ0v) is 15.2. The highest BCUT2D eigenvalue weighted by molar-refractivity contribution is 7.12. The first-order chi connectivity index (χ1) is 12.1. The summed E-state index contributed by atoms with van der Waals surface area (Å²) in [5, 5.41) is 16.2. The van der Waals surface area contributed by atoms with E-state index in [4.69, 9.17) is 0 Å². The molecule has 2 aromatic carbocycles. The Balaban J connectivity index is 1.84. The third-order valence-corrected chi connectivity index (χ3v) is 4.68. The largest absolute Gasteiger partial charge is 0.277 e. The van der Waals surface area contributed by atoms with Crippen LogP contribution in [0.5, 0.6) is 0 Å². The Morgan fingerprint density at radius 3 is 2.48 bits per heavy atom. The second kappa shape index (κ2) is 7.29. The van der Waals surface area contributed by atoms with Crippen LogP contribution in [0.1, 0.15) is 21.7 Å². The molecule has 0 fully saturated rings. The Morgan fingerprint density at radius 2 is 1.80 bits per heavy atom. The van der Waals surface area contributed by atoms with E-state index in [1.165, 1.54) is 22.5 Å². The number of benzene rings is 2. The molecular formula is C20H18N4S. The van der Waals surface area contributed by atoms with Crippen LogP contribution in [0.4, 0.5) is 5.69 Å². The zero-order chi connectivity index (χ0) is 17.8. The van der Waals surface area contributed by atoms with Crippen molar-refractivity contribution in [1.29, 1.82) is 5.26 Å². The van der Waals surface area contributed by atoms with Gasteiger partial charge in [-0.15, -0.1) is 11.3 Å². The molecule has 0 spiro atoms. The van der Waals surface area contributed by atoms with E-state index in [0.717, 1.165) is 22.5 Å². The van der Waals surface area contributed by atoms with E-state index in [1.54, 1.807) is 0 Å². The number of rotatable bonds is 4. The highest BCUT2D eigenvalue weighted by atomic mass is 32.1. The molecule has 0 aliphatic carbocycles. The molecule has 25 heavy (non-hydrogen) atoms. The summed E-state index contributed by atoms with van der Waals surface area (Å²) >= 11 is 1.42. The number of nitriles is 1. The summed E-state index contributed by atoms with van der Waals surface area (Å²) < 4.78 is 0. The third-order valence-electron chi connectivity index (χ3n) is 3.83. The molecule has 4 nitrogen and oxygen atoms in total. The van der Waals surface area contributed by atoms with Crippen LogP contribution in [0.3, 0.4) is 0 Å². The van der Waals surface area contributed by atoms with Gasteiger partial charge in [0.2, 0.25) is 0 Å². The van der Waals surface area contributed by atoms with Crippen molar-refractivity contribution in [2.45, 2.75) is 20.8 Å². The summed E-state index contributed by atoms with van der Waals surface area (Å²) in [5.41, 5.74) is 9.51. The van der Waals surface area contributed by atoms with Crippen LogP contribution in [-0.4, -0.2) is 10.7 Å². The lowest BCUT2D eigenvalue weighted by Crippen LogP contribution is -2.02. The Bertz CT molecular complexity index is 962. The van der Waals surface area contributed by atoms with Crippen LogP contribution in [-0.2, 0) is 0 Å². The molecule has 0 aliphatic heterocycles. The minimum absolute atomic E-state index is 0.281. The van der Waals surface area contributed by atoms with Crippen molar-refractivity contribution in [2.24, 2.45) is 5.10 Å². The molecule has 124 valence electrons. The van der Waals surface area contributed by atoms with Gasteiger partial charge in [-0.25, -0.2) is 4.98 Å². The summed E-state index contributed by atoms with van der Waals surface area (Å²) in [6, 6.07) is 16.3. The van der Waals surface area contributed by atoms with Crippen molar-refractivity contribution in [1.82, 2.24) is 4.98 Å². The van der Waals surface area contributed by atoms with Gasteiger partial charge >= 0.3 is 0 Å². The maximum absolute atomic E-state index is 9.43. The minimum Gasteiger partial charge on any atom is -0.277 e. The predicted octanol–water partition coefficient (Wildman–Crippen LogP) is 5.08.